The Morgan fingerprint density at radius 2 is 2.19 bits per heavy atom. The fourth-order valence-electron chi connectivity index (χ4n) is 2.19. The van der Waals surface area contributed by atoms with Crippen LogP contribution in [0.15, 0.2) is 34.8 Å². The molecule has 0 saturated carbocycles. The summed E-state index contributed by atoms with van der Waals surface area (Å²) in [5.41, 5.74) is 0.918. The van der Waals surface area contributed by atoms with Crippen molar-refractivity contribution in [3.05, 3.63) is 55.4 Å². The summed E-state index contributed by atoms with van der Waals surface area (Å²) in [4.78, 5) is 15.0. The molecule has 1 aromatic carbocycles. The first kappa shape index (κ1) is 15.3. The van der Waals surface area contributed by atoms with Crippen LogP contribution in [-0.4, -0.2) is 23.1 Å². The van der Waals surface area contributed by atoms with Crippen LogP contribution in [0.1, 0.15) is 20.6 Å². The highest BCUT2D eigenvalue weighted by molar-refractivity contribution is 9.10. The Kier molecular flexibility index (Phi) is 4.59. The smallest absolute Gasteiger partial charge is 0.265 e. The Morgan fingerprint density at radius 3 is 2.86 bits per heavy atom. The molecule has 0 N–H and O–H groups in total. The third-order valence-electron chi connectivity index (χ3n) is 3.16. The number of nitrogens with zero attached hydrogens (tertiary/aromatic N) is 1. The highest BCUT2D eigenvalue weighted by Crippen LogP contribution is 2.40. The number of thiophene rings is 1. The third-order valence-corrected chi connectivity index (χ3v) is 6.25. The minimum atomic E-state index is -0.301. The molecule has 0 unspecified atom stereocenters. The average molecular weight is 407 g/mol. The van der Waals surface area contributed by atoms with Crippen molar-refractivity contribution in [3.63, 3.8) is 0 Å². The maximum absolute atomic E-state index is 13.4. The van der Waals surface area contributed by atoms with E-state index in [2.05, 4.69) is 15.9 Å². The number of hydrogen-bond acceptors (Lipinski definition) is 3. The number of thioether (sulfide) groups is 1. The minimum absolute atomic E-state index is 0.0256. The van der Waals surface area contributed by atoms with Crippen LogP contribution < -0.4 is 0 Å². The zero-order valence-electron chi connectivity index (χ0n) is 10.7. The summed E-state index contributed by atoms with van der Waals surface area (Å²) in [6, 6.07) is 8.36. The maximum Gasteiger partial charge on any atom is 0.265 e. The Balaban J connectivity index is 1.88. The number of carbonyl (C=O) groups excluding carboxylic acids is 1. The molecule has 110 valence electrons. The molecule has 1 atom stereocenters. The van der Waals surface area contributed by atoms with Crippen LogP contribution in [0.3, 0.4) is 0 Å². The van der Waals surface area contributed by atoms with Gasteiger partial charge in [-0.25, -0.2) is 4.39 Å². The lowest BCUT2D eigenvalue weighted by Crippen LogP contribution is -2.29. The molecule has 0 aliphatic carbocycles. The van der Waals surface area contributed by atoms with E-state index in [1.54, 1.807) is 36.0 Å². The van der Waals surface area contributed by atoms with Gasteiger partial charge in [0.05, 0.1) is 13.7 Å². The molecule has 1 aromatic heterocycles. The van der Waals surface area contributed by atoms with Gasteiger partial charge >= 0.3 is 0 Å². The second-order valence-corrected chi connectivity index (χ2v) is 8.26. The van der Waals surface area contributed by atoms with Crippen molar-refractivity contribution < 1.29 is 9.18 Å². The van der Waals surface area contributed by atoms with Gasteiger partial charge in [0.15, 0.2) is 0 Å². The summed E-state index contributed by atoms with van der Waals surface area (Å²) in [7, 11) is 0. The van der Waals surface area contributed by atoms with Crippen molar-refractivity contribution in [2.45, 2.75) is 5.37 Å². The van der Waals surface area contributed by atoms with Crippen molar-refractivity contribution in [1.29, 1.82) is 0 Å². The second-order valence-electron chi connectivity index (χ2n) is 4.50. The molecule has 0 radical (unpaired) electrons. The zero-order chi connectivity index (χ0) is 15.0. The normalized spacial score (nSPS) is 18.2. The predicted molar refractivity (Wildman–Crippen MR) is 89.7 cm³/mol. The van der Waals surface area contributed by atoms with E-state index in [1.807, 2.05) is 4.90 Å². The number of rotatable bonds is 2. The molecule has 0 spiro atoms. The van der Waals surface area contributed by atoms with Crippen LogP contribution >= 0.6 is 50.6 Å². The van der Waals surface area contributed by atoms with Crippen molar-refractivity contribution in [1.82, 2.24) is 4.90 Å². The number of hydrogen-bond donors (Lipinski definition) is 0. The lowest BCUT2D eigenvalue weighted by atomic mass is 10.2. The van der Waals surface area contributed by atoms with Crippen LogP contribution in [0.2, 0.25) is 4.34 Å². The van der Waals surface area contributed by atoms with Crippen molar-refractivity contribution >= 4 is 56.5 Å². The summed E-state index contributed by atoms with van der Waals surface area (Å²) in [5.74, 6) is 0.539. The monoisotopic (exact) mass is 405 g/mol. The first-order valence-corrected chi connectivity index (χ1v) is 9.23. The van der Waals surface area contributed by atoms with Gasteiger partial charge in [0.25, 0.3) is 5.91 Å². The molecule has 2 nitrogen and oxygen atoms in total. The number of benzene rings is 1. The zero-order valence-corrected chi connectivity index (χ0v) is 14.7. The highest BCUT2D eigenvalue weighted by atomic mass is 79.9. The molecule has 1 fully saturated rings. The molecule has 21 heavy (non-hydrogen) atoms. The van der Waals surface area contributed by atoms with E-state index in [4.69, 9.17) is 11.6 Å². The third kappa shape index (κ3) is 3.13. The molecular formula is C14H10BrClFNOS2. The Hall–Kier alpha value is -0.560. The molecule has 1 aliphatic heterocycles. The van der Waals surface area contributed by atoms with Gasteiger partial charge in [-0.3, -0.25) is 4.79 Å². The lowest BCUT2D eigenvalue weighted by molar-refractivity contribution is 0.0765. The second kappa shape index (κ2) is 6.28. The Morgan fingerprint density at radius 1 is 1.38 bits per heavy atom. The largest absolute Gasteiger partial charge is 0.321 e. The topological polar surface area (TPSA) is 20.3 Å². The van der Waals surface area contributed by atoms with Crippen molar-refractivity contribution in [3.8, 4) is 0 Å². The molecule has 1 aliphatic rings. The summed E-state index contributed by atoms with van der Waals surface area (Å²) in [6.07, 6.45) is 0. The van der Waals surface area contributed by atoms with Gasteiger partial charge in [0.1, 0.15) is 11.2 Å². The molecule has 1 saturated heterocycles. The maximum atomic E-state index is 13.4. The molecule has 0 bridgehead atoms. The van der Waals surface area contributed by atoms with E-state index in [9.17, 15) is 9.18 Å². The van der Waals surface area contributed by atoms with Crippen LogP contribution in [0.5, 0.6) is 0 Å². The van der Waals surface area contributed by atoms with Crippen LogP contribution in [0.25, 0.3) is 0 Å². The van der Waals surface area contributed by atoms with Gasteiger partial charge < -0.3 is 4.90 Å². The number of halogens is 3. The predicted octanol–water partition coefficient (Wildman–Crippen LogP) is 5.19. The van der Waals surface area contributed by atoms with Crippen LogP contribution in [0.4, 0.5) is 4.39 Å². The first-order valence-electron chi connectivity index (χ1n) is 6.19. The Bertz CT molecular complexity index is 693. The molecule has 7 heteroatoms. The quantitative estimate of drug-likeness (QED) is 0.684. The average Bonchev–Trinajstić information content (AvgIpc) is 3.10. The van der Waals surface area contributed by atoms with E-state index in [0.717, 1.165) is 11.3 Å². The van der Waals surface area contributed by atoms with Gasteiger partial charge in [-0.05, 0) is 45.8 Å². The molecule has 2 aromatic rings. The van der Waals surface area contributed by atoms with Crippen LogP contribution in [0, 0.1) is 5.82 Å². The van der Waals surface area contributed by atoms with Gasteiger partial charge in [-0.1, -0.05) is 17.7 Å². The van der Waals surface area contributed by atoms with Crippen molar-refractivity contribution in [2.75, 3.05) is 12.3 Å². The number of amides is 1. The summed E-state index contributed by atoms with van der Waals surface area (Å²) in [6.45, 7) is 0.679. The van der Waals surface area contributed by atoms with E-state index in [-0.39, 0.29) is 17.1 Å². The highest BCUT2D eigenvalue weighted by Gasteiger charge is 2.32. The van der Waals surface area contributed by atoms with Gasteiger partial charge in [-0.15, -0.1) is 23.1 Å². The molecule has 1 amide bonds. The number of carbonyl (C=O) groups is 1. The summed E-state index contributed by atoms with van der Waals surface area (Å²) >= 11 is 12.1. The fourth-order valence-corrected chi connectivity index (χ4v) is 4.83. The van der Waals surface area contributed by atoms with Gasteiger partial charge in [0.2, 0.25) is 0 Å². The van der Waals surface area contributed by atoms with E-state index < -0.39 is 0 Å². The van der Waals surface area contributed by atoms with Crippen molar-refractivity contribution in [2.24, 2.45) is 0 Å². The van der Waals surface area contributed by atoms with Crippen LogP contribution in [-0.2, 0) is 0 Å². The van der Waals surface area contributed by atoms with E-state index in [0.29, 0.717) is 20.2 Å². The molecular weight excluding hydrogens is 397 g/mol. The lowest BCUT2D eigenvalue weighted by Gasteiger charge is -2.23. The molecule has 2 heterocycles. The SMILES string of the molecule is O=C(c1ccc(Cl)s1)N1CCS[C@H]1c1ccc(F)c(Br)c1. The fraction of sp³-hybridized carbons (Fsp3) is 0.214. The van der Waals surface area contributed by atoms with E-state index in [1.165, 1.54) is 17.4 Å². The van der Waals surface area contributed by atoms with E-state index >= 15 is 0 Å². The first-order chi connectivity index (χ1) is 10.1. The molecule has 3 rings (SSSR count). The summed E-state index contributed by atoms with van der Waals surface area (Å²) < 4.78 is 14.4. The summed E-state index contributed by atoms with van der Waals surface area (Å²) in [5, 5.41) is -0.0877. The van der Waals surface area contributed by atoms with Gasteiger partial charge in [-0.2, -0.15) is 0 Å². The standard InChI is InChI=1S/C14H10BrClFNOS2/c15-9-7-8(1-2-10(9)17)14-18(5-6-20-14)13(19)11-3-4-12(16)21-11/h1-4,7,14H,5-6H2/t14-/m0/s1. The minimum Gasteiger partial charge on any atom is -0.321 e. The van der Waals surface area contributed by atoms with Gasteiger partial charge in [0, 0.05) is 12.3 Å². The Labute approximate surface area is 143 Å².